The number of carbonyl (C=O) groups excluding carboxylic acids is 1. The molecule has 0 saturated heterocycles. The first-order valence-electron chi connectivity index (χ1n) is 6.68. The van der Waals surface area contributed by atoms with Gasteiger partial charge in [-0.15, -0.1) is 10.2 Å². The molecule has 0 radical (unpaired) electrons. The average molecular weight is 264 g/mol. The summed E-state index contributed by atoms with van der Waals surface area (Å²) in [7, 11) is 1.56. The van der Waals surface area contributed by atoms with Crippen molar-refractivity contribution in [2.45, 2.75) is 31.7 Å². The van der Waals surface area contributed by atoms with Gasteiger partial charge in [0.05, 0.1) is 0 Å². The zero-order chi connectivity index (χ0) is 13.7. The molecule has 1 fully saturated rings. The number of amides is 1. The largest absolute Gasteiger partial charge is 0.396 e. The fourth-order valence-electron chi connectivity index (χ4n) is 2.59. The van der Waals surface area contributed by atoms with Crippen LogP contribution >= 0.6 is 0 Å². The maximum atomic E-state index is 11.3. The van der Waals surface area contributed by atoms with Gasteiger partial charge in [0.15, 0.2) is 5.69 Å². The van der Waals surface area contributed by atoms with Gasteiger partial charge < -0.3 is 15.7 Å². The Hall–Kier alpha value is -1.69. The molecular formula is C13H20N4O2. The average Bonchev–Trinajstić information content (AvgIpc) is 2.86. The van der Waals surface area contributed by atoms with Gasteiger partial charge in [0, 0.05) is 19.7 Å². The number of aliphatic hydroxyl groups is 1. The normalized spacial score (nSPS) is 22.2. The van der Waals surface area contributed by atoms with Crippen LogP contribution in [0, 0.1) is 5.92 Å². The molecule has 1 saturated carbocycles. The second kappa shape index (κ2) is 6.47. The highest BCUT2D eigenvalue weighted by molar-refractivity contribution is 5.91. The minimum Gasteiger partial charge on any atom is -0.396 e. The Morgan fingerprint density at radius 2 is 2.26 bits per heavy atom. The first kappa shape index (κ1) is 13.7. The first-order chi connectivity index (χ1) is 9.24. The molecule has 19 heavy (non-hydrogen) atoms. The molecule has 6 nitrogen and oxygen atoms in total. The summed E-state index contributed by atoms with van der Waals surface area (Å²) in [6, 6.07) is 3.77. The predicted molar refractivity (Wildman–Crippen MR) is 71.9 cm³/mol. The van der Waals surface area contributed by atoms with Gasteiger partial charge >= 0.3 is 0 Å². The monoisotopic (exact) mass is 264 g/mol. The van der Waals surface area contributed by atoms with Crippen LogP contribution in [0.25, 0.3) is 0 Å². The fourth-order valence-corrected chi connectivity index (χ4v) is 2.59. The first-order valence-corrected chi connectivity index (χ1v) is 6.68. The third kappa shape index (κ3) is 3.41. The van der Waals surface area contributed by atoms with Gasteiger partial charge in [0.2, 0.25) is 0 Å². The Labute approximate surface area is 112 Å². The van der Waals surface area contributed by atoms with E-state index in [4.69, 9.17) is 5.11 Å². The predicted octanol–water partition coefficient (Wildman–Crippen LogP) is 0.799. The molecule has 0 bridgehead atoms. The van der Waals surface area contributed by atoms with Crippen LogP contribution in [0.15, 0.2) is 12.1 Å². The summed E-state index contributed by atoms with van der Waals surface area (Å²) in [6.45, 7) is 0.226. The van der Waals surface area contributed by atoms with Crippen LogP contribution in [0.2, 0.25) is 0 Å². The Bertz CT molecular complexity index is 421. The van der Waals surface area contributed by atoms with Crippen LogP contribution in [0.4, 0.5) is 5.82 Å². The lowest BCUT2D eigenvalue weighted by Gasteiger charge is -2.20. The Balaban J connectivity index is 1.97. The highest BCUT2D eigenvalue weighted by atomic mass is 16.3. The topological polar surface area (TPSA) is 87.1 Å². The Kier molecular flexibility index (Phi) is 4.68. The molecule has 1 aromatic heterocycles. The maximum absolute atomic E-state index is 11.3. The summed E-state index contributed by atoms with van der Waals surface area (Å²) in [4.78, 5) is 11.3. The van der Waals surface area contributed by atoms with Crippen molar-refractivity contribution in [3.63, 3.8) is 0 Å². The van der Waals surface area contributed by atoms with Gasteiger partial charge in [0.1, 0.15) is 5.82 Å². The van der Waals surface area contributed by atoms with E-state index in [1.54, 1.807) is 19.2 Å². The molecule has 0 spiro atoms. The van der Waals surface area contributed by atoms with E-state index in [2.05, 4.69) is 20.8 Å². The quantitative estimate of drug-likeness (QED) is 0.732. The summed E-state index contributed by atoms with van der Waals surface area (Å²) < 4.78 is 0. The number of hydrogen-bond acceptors (Lipinski definition) is 5. The van der Waals surface area contributed by atoms with Crippen LogP contribution in [0.3, 0.4) is 0 Å². The lowest BCUT2D eigenvalue weighted by molar-refractivity contribution is 0.0957. The number of rotatable bonds is 5. The molecule has 2 rings (SSSR count). The van der Waals surface area contributed by atoms with Gasteiger partial charge in [-0.25, -0.2) is 0 Å². The van der Waals surface area contributed by atoms with Crippen molar-refractivity contribution in [2.75, 3.05) is 19.0 Å². The van der Waals surface area contributed by atoms with Gasteiger partial charge in [-0.3, -0.25) is 4.79 Å². The summed E-state index contributed by atoms with van der Waals surface area (Å²) in [5.41, 5.74) is 0.311. The molecule has 1 aromatic rings. The molecule has 2 unspecified atom stereocenters. The lowest BCUT2D eigenvalue weighted by Crippen LogP contribution is -2.26. The highest BCUT2D eigenvalue weighted by Gasteiger charge is 2.26. The van der Waals surface area contributed by atoms with Gasteiger partial charge in [-0.2, -0.15) is 0 Å². The van der Waals surface area contributed by atoms with Crippen molar-refractivity contribution in [2.24, 2.45) is 5.92 Å². The SMILES string of the molecule is CNC(=O)c1ccc(NC2CCCC2CCO)nn1. The fraction of sp³-hybridized carbons (Fsp3) is 0.615. The van der Waals surface area contributed by atoms with Crippen molar-refractivity contribution in [3.05, 3.63) is 17.8 Å². The van der Waals surface area contributed by atoms with Crippen LogP contribution < -0.4 is 10.6 Å². The minimum atomic E-state index is -0.238. The molecular weight excluding hydrogens is 244 g/mol. The van der Waals surface area contributed by atoms with Crippen molar-refractivity contribution < 1.29 is 9.90 Å². The minimum absolute atomic E-state index is 0.226. The highest BCUT2D eigenvalue weighted by Crippen LogP contribution is 2.30. The van der Waals surface area contributed by atoms with Crippen molar-refractivity contribution in [1.29, 1.82) is 0 Å². The van der Waals surface area contributed by atoms with Gasteiger partial charge in [0.25, 0.3) is 5.91 Å². The molecule has 0 aliphatic heterocycles. The van der Waals surface area contributed by atoms with E-state index in [0.29, 0.717) is 23.5 Å². The van der Waals surface area contributed by atoms with Crippen LogP contribution in [-0.4, -0.2) is 40.9 Å². The van der Waals surface area contributed by atoms with E-state index in [0.717, 1.165) is 19.3 Å². The summed E-state index contributed by atoms with van der Waals surface area (Å²) in [5.74, 6) is 0.936. The van der Waals surface area contributed by atoms with E-state index >= 15 is 0 Å². The van der Waals surface area contributed by atoms with E-state index < -0.39 is 0 Å². The Morgan fingerprint density at radius 3 is 2.89 bits per heavy atom. The maximum Gasteiger partial charge on any atom is 0.271 e. The molecule has 3 N–H and O–H groups in total. The van der Waals surface area contributed by atoms with E-state index in [1.165, 1.54) is 6.42 Å². The summed E-state index contributed by atoms with van der Waals surface area (Å²) in [6.07, 6.45) is 4.22. The standard InChI is InChI=1S/C13H20N4O2/c1-14-13(19)11-5-6-12(17-16-11)15-10-4-2-3-9(10)7-8-18/h5-6,9-10,18H,2-4,7-8H2,1H3,(H,14,19)(H,15,17). The number of hydrogen-bond donors (Lipinski definition) is 3. The molecule has 6 heteroatoms. The second-order valence-electron chi connectivity index (χ2n) is 4.84. The van der Waals surface area contributed by atoms with Crippen LogP contribution in [0.5, 0.6) is 0 Å². The third-order valence-corrected chi connectivity index (χ3v) is 3.62. The van der Waals surface area contributed by atoms with Crippen molar-refractivity contribution >= 4 is 11.7 Å². The van der Waals surface area contributed by atoms with Crippen LogP contribution in [0.1, 0.15) is 36.2 Å². The van der Waals surface area contributed by atoms with Crippen molar-refractivity contribution in [1.82, 2.24) is 15.5 Å². The lowest BCUT2D eigenvalue weighted by atomic mass is 10.0. The van der Waals surface area contributed by atoms with Crippen molar-refractivity contribution in [3.8, 4) is 0 Å². The van der Waals surface area contributed by atoms with Gasteiger partial charge in [-0.1, -0.05) is 6.42 Å². The number of nitrogens with zero attached hydrogens (tertiary/aromatic N) is 2. The molecule has 0 aromatic carbocycles. The van der Waals surface area contributed by atoms with Crippen LogP contribution in [-0.2, 0) is 0 Å². The second-order valence-corrected chi connectivity index (χ2v) is 4.84. The number of nitrogens with one attached hydrogen (secondary N) is 2. The van der Waals surface area contributed by atoms with E-state index in [1.807, 2.05) is 0 Å². The Morgan fingerprint density at radius 1 is 1.42 bits per heavy atom. The summed E-state index contributed by atoms with van der Waals surface area (Å²) >= 11 is 0. The zero-order valence-electron chi connectivity index (χ0n) is 11.1. The third-order valence-electron chi connectivity index (χ3n) is 3.62. The molecule has 1 amide bonds. The molecule has 1 aliphatic rings. The molecule has 1 heterocycles. The number of aromatic nitrogens is 2. The van der Waals surface area contributed by atoms with Gasteiger partial charge in [-0.05, 0) is 37.3 Å². The number of carbonyl (C=O) groups is 1. The number of anilines is 1. The zero-order valence-corrected chi connectivity index (χ0v) is 11.1. The summed E-state index contributed by atoms with van der Waals surface area (Å²) in [5, 5.41) is 22.8. The van der Waals surface area contributed by atoms with E-state index in [9.17, 15) is 4.79 Å². The molecule has 104 valence electrons. The van der Waals surface area contributed by atoms with E-state index in [-0.39, 0.29) is 12.5 Å². The molecule has 1 aliphatic carbocycles. The molecule has 2 atom stereocenters. The smallest absolute Gasteiger partial charge is 0.271 e. The number of aliphatic hydroxyl groups excluding tert-OH is 1.